The lowest BCUT2D eigenvalue weighted by Gasteiger charge is -2.62. The molecule has 0 N–H and O–H groups in total. The minimum Gasteiger partial charge on any atom is -0.300 e. The number of rotatable bonds is 2. The molecule has 0 aromatic rings. The van der Waals surface area contributed by atoms with E-state index in [0.29, 0.717) is 28.8 Å². The Kier molecular flexibility index (Phi) is 3.97. The van der Waals surface area contributed by atoms with Gasteiger partial charge in [0.1, 0.15) is 11.6 Å². The third-order valence-corrected chi connectivity index (χ3v) is 9.03. The highest BCUT2D eigenvalue weighted by atomic mass is 16.1. The summed E-state index contributed by atoms with van der Waals surface area (Å²) in [5.41, 5.74) is 0.330. The number of fused-ring (bicyclic) bond motifs is 5. The molecule has 0 amide bonds. The molecular weight excluding hydrogens is 296 g/mol. The van der Waals surface area contributed by atoms with E-state index in [1.54, 1.807) is 0 Å². The van der Waals surface area contributed by atoms with Crippen LogP contribution in [0.2, 0.25) is 0 Å². The molecule has 0 saturated heterocycles. The van der Waals surface area contributed by atoms with Crippen molar-refractivity contribution in [2.24, 2.45) is 40.4 Å². The van der Waals surface area contributed by atoms with Gasteiger partial charge in [0.2, 0.25) is 0 Å². The summed E-state index contributed by atoms with van der Waals surface area (Å²) in [4.78, 5) is 24.7. The van der Waals surface area contributed by atoms with Crippen molar-refractivity contribution in [3.63, 3.8) is 0 Å². The van der Waals surface area contributed by atoms with Crippen molar-refractivity contribution < 1.29 is 9.59 Å². The number of hydrogen-bond acceptors (Lipinski definition) is 2. The van der Waals surface area contributed by atoms with Gasteiger partial charge in [-0.1, -0.05) is 33.6 Å². The van der Waals surface area contributed by atoms with E-state index in [4.69, 9.17) is 0 Å². The molecule has 0 aromatic heterocycles. The number of carbonyl (C=O) groups excluding carboxylic acids is 2. The van der Waals surface area contributed by atoms with Gasteiger partial charge in [-0.05, 0) is 67.1 Å². The van der Waals surface area contributed by atoms with Crippen LogP contribution in [0.25, 0.3) is 0 Å². The third-order valence-electron chi connectivity index (χ3n) is 9.03. The second kappa shape index (κ2) is 5.68. The molecule has 134 valence electrons. The Bertz CT molecular complexity index is 552. The van der Waals surface area contributed by atoms with E-state index in [-0.39, 0.29) is 5.41 Å². The second-order valence-corrected chi connectivity index (χ2v) is 9.94. The standard InChI is InChI=1S/C22H34O2/c1-4-5-14-12-15-13-16(23)8-10-21(15,2)18-9-11-22(3)17(20(14)18)6-7-19(22)24/h14-15,17-18,20H,4-13H2,1-3H3/t14-,15+,17+,18+,20+,21+,22+/m1/s1. The van der Waals surface area contributed by atoms with Gasteiger partial charge in [-0.25, -0.2) is 0 Å². The molecular formula is C22H34O2. The number of carbonyl (C=O) groups is 2. The SMILES string of the molecule is CCC[C@@H]1C[C@H]2CC(=O)CC[C@]2(C)[C@H]2CC[C@]3(C)C(=O)CC[C@H]3[C@H]12. The van der Waals surface area contributed by atoms with Crippen LogP contribution in [-0.4, -0.2) is 11.6 Å². The zero-order chi connectivity index (χ0) is 17.1. The summed E-state index contributed by atoms with van der Waals surface area (Å²) in [6.07, 6.45) is 10.8. The molecule has 2 heteroatoms. The van der Waals surface area contributed by atoms with Crippen molar-refractivity contribution in [3.05, 3.63) is 0 Å². The normalized spacial score (nSPS) is 51.0. The fourth-order valence-corrected chi connectivity index (χ4v) is 7.66. The van der Waals surface area contributed by atoms with Crippen LogP contribution >= 0.6 is 0 Å². The third kappa shape index (κ3) is 2.20. The van der Waals surface area contributed by atoms with Crippen LogP contribution in [0.1, 0.15) is 85.0 Å². The molecule has 0 bridgehead atoms. The van der Waals surface area contributed by atoms with Crippen molar-refractivity contribution in [2.45, 2.75) is 85.0 Å². The summed E-state index contributed by atoms with van der Waals surface area (Å²) in [6, 6.07) is 0. The summed E-state index contributed by atoms with van der Waals surface area (Å²) in [6.45, 7) is 7.09. The van der Waals surface area contributed by atoms with Crippen LogP contribution < -0.4 is 0 Å². The van der Waals surface area contributed by atoms with Gasteiger partial charge >= 0.3 is 0 Å². The predicted molar refractivity (Wildman–Crippen MR) is 95.5 cm³/mol. The van der Waals surface area contributed by atoms with Crippen LogP contribution in [0, 0.1) is 40.4 Å². The molecule has 0 unspecified atom stereocenters. The van der Waals surface area contributed by atoms with E-state index in [2.05, 4.69) is 20.8 Å². The molecule has 4 saturated carbocycles. The quantitative estimate of drug-likeness (QED) is 0.698. The first-order chi connectivity index (χ1) is 11.4. The van der Waals surface area contributed by atoms with Crippen LogP contribution in [0.3, 0.4) is 0 Å². The highest BCUT2D eigenvalue weighted by Gasteiger charge is 2.62. The van der Waals surface area contributed by atoms with Gasteiger partial charge in [0.25, 0.3) is 0 Å². The molecule has 24 heavy (non-hydrogen) atoms. The summed E-state index contributed by atoms with van der Waals surface area (Å²) in [5, 5.41) is 0. The number of Topliss-reactive ketones (excluding diaryl/α,β-unsaturated/α-hetero) is 2. The van der Waals surface area contributed by atoms with E-state index in [0.717, 1.165) is 56.3 Å². The number of hydrogen-bond donors (Lipinski definition) is 0. The lowest BCUT2D eigenvalue weighted by Crippen LogP contribution is -2.56. The largest absolute Gasteiger partial charge is 0.300 e. The van der Waals surface area contributed by atoms with Gasteiger partial charge in [0, 0.05) is 24.7 Å². The average Bonchev–Trinajstić information content (AvgIpc) is 2.85. The van der Waals surface area contributed by atoms with Gasteiger partial charge in [0.05, 0.1) is 0 Å². The first-order valence-corrected chi connectivity index (χ1v) is 10.4. The average molecular weight is 331 g/mol. The Labute approximate surface area is 147 Å². The Morgan fingerprint density at radius 1 is 1.04 bits per heavy atom. The topological polar surface area (TPSA) is 34.1 Å². The van der Waals surface area contributed by atoms with E-state index in [1.165, 1.54) is 25.7 Å². The van der Waals surface area contributed by atoms with Gasteiger partial charge in [0.15, 0.2) is 0 Å². The summed E-state index contributed by atoms with van der Waals surface area (Å²) in [7, 11) is 0. The van der Waals surface area contributed by atoms with Crippen molar-refractivity contribution in [1.82, 2.24) is 0 Å². The molecule has 4 aliphatic carbocycles. The van der Waals surface area contributed by atoms with Gasteiger partial charge in [-0.15, -0.1) is 0 Å². The molecule has 0 radical (unpaired) electrons. The maximum absolute atomic E-state index is 12.6. The van der Waals surface area contributed by atoms with Crippen molar-refractivity contribution >= 4 is 11.6 Å². The first-order valence-electron chi connectivity index (χ1n) is 10.4. The van der Waals surface area contributed by atoms with Crippen molar-refractivity contribution in [3.8, 4) is 0 Å². The Balaban J connectivity index is 1.71. The Morgan fingerprint density at radius 2 is 1.83 bits per heavy atom. The maximum Gasteiger partial charge on any atom is 0.139 e. The summed E-state index contributed by atoms with van der Waals surface area (Å²) < 4.78 is 0. The fraction of sp³-hybridized carbons (Fsp3) is 0.909. The Morgan fingerprint density at radius 3 is 2.58 bits per heavy atom. The number of ketones is 2. The molecule has 0 spiro atoms. The molecule has 2 nitrogen and oxygen atoms in total. The molecule has 0 aliphatic heterocycles. The molecule has 4 fully saturated rings. The molecule has 4 rings (SSSR count). The summed E-state index contributed by atoms with van der Waals surface area (Å²) >= 11 is 0. The predicted octanol–water partition coefficient (Wildman–Crippen LogP) is 5.19. The fourth-order valence-electron chi connectivity index (χ4n) is 7.66. The van der Waals surface area contributed by atoms with Crippen LogP contribution in [0.5, 0.6) is 0 Å². The van der Waals surface area contributed by atoms with Gasteiger partial charge < -0.3 is 0 Å². The highest BCUT2D eigenvalue weighted by molar-refractivity contribution is 5.87. The van der Waals surface area contributed by atoms with Gasteiger partial charge in [-0.3, -0.25) is 9.59 Å². The summed E-state index contributed by atoms with van der Waals surface area (Å²) in [5.74, 6) is 4.53. The minimum absolute atomic E-state index is 0.0269. The van der Waals surface area contributed by atoms with E-state index >= 15 is 0 Å². The first kappa shape index (κ1) is 16.8. The smallest absolute Gasteiger partial charge is 0.139 e. The zero-order valence-corrected chi connectivity index (χ0v) is 15.8. The molecule has 0 heterocycles. The van der Waals surface area contributed by atoms with E-state index in [9.17, 15) is 9.59 Å². The second-order valence-electron chi connectivity index (χ2n) is 9.94. The van der Waals surface area contributed by atoms with Crippen LogP contribution in [0.15, 0.2) is 0 Å². The van der Waals surface area contributed by atoms with Gasteiger partial charge in [-0.2, -0.15) is 0 Å². The zero-order valence-electron chi connectivity index (χ0n) is 15.8. The highest BCUT2D eigenvalue weighted by Crippen LogP contribution is 2.67. The molecule has 4 aliphatic rings. The Hall–Kier alpha value is -0.660. The maximum atomic E-state index is 12.6. The van der Waals surface area contributed by atoms with E-state index in [1.807, 2.05) is 0 Å². The minimum atomic E-state index is -0.0269. The lowest BCUT2D eigenvalue weighted by atomic mass is 9.42. The van der Waals surface area contributed by atoms with Crippen molar-refractivity contribution in [2.75, 3.05) is 0 Å². The van der Waals surface area contributed by atoms with Crippen LogP contribution in [0.4, 0.5) is 0 Å². The monoisotopic (exact) mass is 330 g/mol. The van der Waals surface area contributed by atoms with Crippen molar-refractivity contribution in [1.29, 1.82) is 0 Å². The molecule has 0 aromatic carbocycles. The molecule has 7 atom stereocenters. The van der Waals surface area contributed by atoms with Crippen LogP contribution in [-0.2, 0) is 9.59 Å². The van der Waals surface area contributed by atoms with E-state index < -0.39 is 0 Å². The lowest BCUT2D eigenvalue weighted by molar-refractivity contribution is -0.154.